The van der Waals surface area contributed by atoms with Gasteiger partial charge in [0.05, 0.1) is 5.69 Å². The van der Waals surface area contributed by atoms with Gasteiger partial charge < -0.3 is 10.3 Å². The Morgan fingerprint density at radius 2 is 2.12 bits per heavy atom. The van der Waals surface area contributed by atoms with Crippen molar-refractivity contribution in [1.82, 2.24) is 4.98 Å². The molecule has 1 amide bonds. The fourth-order valence-electron chi connectivity index (χ4n) is 2.01. The largest absolute Gasteiger partial charge is 0.357 e. The van der Waals surface area contributed by atoms with Gasteiger partial charge in [0.2, 0.25) is 5.91 Å². The third-order valence-corrected chi connectivity index (χ3v) is 3.09. The van der Waals surface area contributed by atoms with Crippen molar-refractivity contribution >= 4 is 22.5 Å². The monoisotopic (exact) mass is 214 g/mol. The number of carbonyl (C=O) groups excluding carboxylic acids is 1. The zero-order valence-electron chi connectivity index (χ0n) is 9.21. The first-order valence-corrected chi connectivity index (χ1v) is 5.64. The van der Waals surface area contributed by atoms with Crippen LogP contribution in [0.1, 0.15) is 18.5 Å². The van der Waals surface area contributed by atoms with Crippen LogP contribution in [0.5, 0.6) is 0 Å². The highest BCUT2D eigenvalue weighted by Crippen LogP contribution is 2.33. The number of nitrogens with one attached hydrogen (secondary N) is 2. The van der Waals surface area contributed by atoms with Crippen molar-refractivity contribution < 1.29 is 4.79 Å². The standard InChI is InChI=1S/C13H14N2O/c1-8-12(15-13(16)9-6-7-9)10-4-2-3-5-11(10)14-8/h2-5,9,14H,6-7H2,1H3,(H,15,16). The lowest BCUT2D eigenvalue weighted by atomic mass is 10.2. The van der Waals surface area contributed by atoms with Gasteiger partial charge >= 0.3 is 0 Å². The summed E-state index contributed by atoms with van der Waals surface area (Å²) in [6, 6.07) is 8.03. The normalized spacial score (nSPS) is 15.3. The number of H-pyrrole nitrogens is 1. The van der Waals surface area contributed by atoms with Gasteiger partial charge in [-0.2, -0.15) is 0 Å². The van der Waals surface area contributed by atoms with E-state index in [-0.39, 0.29) is 11.8 Å². The minimum atomic E-state index is 0.160. The Kier molecular flexibility index (Phi) is 1.99. The maximum Gasteiger partial charge on any atom is 0.227 e. The van der Waals surface area contributed by atoms with Crippen molar-refractivity contribution in [3.8, 4) is 0 Å². The van der Waals surface area contributed by atoms with E-state index < -0.39 is 0 Å². The van der Waals surface area contributed by atoms with Gasteiger partial charge in [-0.25, -0.2) is 0 Å². The molecule has 2 aromatic rings. The van der Waals surface area contributed by atoms with Gasteiger partial charge in [0, 0.05) is 22.5 Å². The molecule has 1 heterocycles. The number of hydrogen-bond donors (Lipinski definition) is 2. The molecular weight excluding hydrogens is 200 g/mol. The molecule has 0 atom stereocenters. The van der Waals surface area contributed by atoms with Crippen molar-refractivity contribution in [3.63, 3.8) is 0 Å². The molecule has 0 radical (unpaired) electrons. The van der Waals surface area contributed by atoms with Crippen LogP contribution in [-0.4, -0.2) is 10.9 Å². The maximum atomic E-state index is 11.7. The van der Waals surface area contributed by atoms with E-state index >= 15 is 0 Å². The molecule has 3 rings (SSSR count). The van der Waals surface area contributed by atoms with Gasteiger partial charge in [-0.3, -0.25) is 4.79 Å². The Hall–Kier alpha value is -1.77. The maximum absolute atomic E-state index is 11.7. The Morgan fingerprint density at radius 1 is 1.38 bits per heavy atom. The minimum Gasteiger partial charge on any atom is -0.357 e. The minimum absolute atomic E-state index is 0.160. The van der Waals surface area contributed by atoms with Crippen LogP contribution in [0.15, 0.2) is 24.3 Å². The van der Waals surface area contributed by atoms with Gasteiger partial charge in [-0.15, -0.1) is 0 Å². The van der Waals surface area contributed by atoms with E-state index in [0.29, 0.717) is 0 Å². The first kappa shape index (κ1) is 9.46. The summed E-state index contributed by atoms with van der Waals surface area (Å²) in [6.45, 7) is 1.99. The van der Waals surface area contributed by atoms with Gasteiger partial charge in [-0.05, 0) is 25.8 Å². The molecule has 1 aromatic carbocycles. The Morgan fingerprint density at radius 3 is 2.88 bits per heavy atom. The molecule has 0 aliphatic heterocycles. The smallest absolute Gasteiger partial charge is 0.227 e. The molecule has 3 heteroatoms. The molecule has 2 N–H and O–H groups in total. The van der Waals surface area contributed by atoms with Gasteiger partial charge in [0.1, 0.15) is 0 Å². The first-order valence-electron chi connectivity index (χ1n) is 5.64. The van der Waals surface area contributed by atoms with E-state index in [2.05, 4.69) is 10.3 Å². The van der Waals surface area contributed by atoms with E-state index in [9.17, 15) is 4.79 Å². The Balaban J connectivity index is 2.01. The van der Waals surface area contributed by atoms with Crippen LogP contribution in [0.2, 0.25) is 0 Å². The number of para-hydroxylation sites is 1. The van der Waals surface area contributed by atoms with Crippen LogP contribution in [0.25, 0.3) is 10.9 Å². The predicted molar refractivity (Wildman–Crippen MR) is 64.4 cm³/mol. The van der Waals surface area contributed by atoms with Gasteiger partial charge in [-0.1, -0.05) is 18.2 Å². The number of rotatable bonds is 2. The highest BCUT2D eigenvalue weighted by molar-refractivity contribution is 6.04. The number of aromatic nitrogens is 1. The van der Waals surface area contributed by atoms with Crippen molar-refractivity contribution in [1.29, 1.82) is 0 Å². The quantitative estimate of drug-likeness (QED) is 0.793. The second kappa shape index (κ2) is 3.37. The van der Waals surface area contributed by atoms with Crippen molar-refractivity contribution in [2.45, 2.75) is 19.8 Å². The highest BCUT2D eigenvalue weighted by atomic mass is 16.2. The molecule has 0 bridgehead atoms. The summed E-state index contributed by atoms with van der Waals surface area (Å²) in [5.74, 6) is 0.404. The van der Waals surface area contributed by atoms with Crippen LogP contribution < -0.4 is 5.32 Å². The lowest BCUT2D eigenvalue weighted by Crippen LogP contribution is -2.13. The lowest BCUT2D eigenvalue weighted by Gasteiger charge is -2.03. The fourth-order valence-corrected chi connectivity index (χ4v) is 2.01. The molecule has 1 fully saturated rings. The first-order chi connectivity index (χ1) is 7.75. The fraction of sp³-hybridized carbons (Fsp3) is 0.308. The van der Waals surface area contributed by atoms with E-state index in [1.807, 2.05) is 31.2 Å². The van der Waals surface area contributed by atoms with Crippen LogP contribution in [0, 0.1) is 12.8 Å². The molecule has 0 unspecified atom stereocenters. The average molecular weight is 214 g/mol. The average Bonchev–Trinajstić information content (AvgIpc) is 3.06. The lowest BCUT2D eigenvalue weighted by molar-refractivity contribution is -0.117. The molecule has 1 aliphatic carbocycles. The van der Waals surface area contributed by atoms with E-state index in [0.717, 1.165) is 35.1 Å². The van der Waals surface area contributed by atoms with E-state index in [4.69, 9.17) is 0 Å². The zero-order chi connectivity index (χ0) is 11.1. The number of benzene rings is 1. The topological polar surface area (TPSA) is 44.9 Å². The zero-order valence-corrected chi connectivity index (χ0v) is 9.21. The second-order valence-electron chi connectivity index (χ2n) is 4.43. The Bertz CT molecular complexity index is 552. The summed E-state index contributed by atoms with van der Waals surface area (Å²) in [5.41, 5.74) is 3.04. The molecule has 1 aliphatic rings. The molecule has 82 valence electrons. The Labute approximate surface area is 93.9 Å². The summed E-state index contributed by atoms with van der Waals surface area (Å²) >= 11 is 0. The summed E-state index contributed by atoms with van der Waals surface area (Å²) in [7, 11) is 0. The number of anilines is 1. The third kappa shape index (κ3) is 1.48. The molecule has 0 spiro atoms. The van der Waals surface area contributed by atoms with Crippen molar-refractivity contribution in [3.05, 3.63) is 30.0 Å². The molecular formula is C13H14N2O. The van der Waals surface area contributed by atoms with E-state index in [1.165, 1.54) is 0 Å². The SMILES string of the molecule is Cc1[nH]c2ccccc2c1NC(=O)C1CC1. The number of hydrogen-bond acceptors (Lipinski definition) is 1. The molecule has 16 heavy (non-hydrogen) atoms. The predicted octanol–water partition coefficient (Wildman–Crippen LogP) is 2.82. The van der Waals surface area contributed by atoms with Crippen molar-refractivity contribution in [2.24, 2.45) is 5.92 Å². The van der Waals surface area contributed by atoms with E-state index in [1.54, 1.807) is 0 Å². The van der Waals surface area contributed by atoms with Crippen LogP contribution in [0.3, 0.4) is 0 Å². The van der Waals surface area contributed by atoms with Crippen LogP contribution in [0.4, 0.5) is 5.69 Å². The number of aromatic amines is 1. The summed E-state index contributed by atoms with van der Waals surface area (Å²) in [5, 5.41) is 4.12. The van der Waals surface area contributed by atoms with Crippen molar-refractivity contribution in [2.75, 3.05) is 5.32 Å². The van der Waals surface area contributed by atoms with Gasteiger partial charge in [0.15, 0.2) is 0 Å². The molecule has 1 saturated carbocycles. The number of carbonyl (C=O) groups is 1. The number of fused-ring (bicyclic) bond motifs is 1. The summed E-state index contributed by atoms with van der Waals surface area (Å²) in [4.78, 5) is 15.0. The van der Waals surface area contributed by atoms with Crippen LogP contribution >= 0.6 is 0 Å². The van der Waals surface area contributed by atoms with Gasteiger partial charge in [0.25, 0.3) is 0 Å². The highest BCUT2D eigenvalue weighted by Gasteiger charge is 2.30. The molecule has 3 nitrogen and oxygen atoms in total. The summed E-state index contributed by atoms with van der Waals surface area (Å²) in [6.07, 6.45) is 2.07. The molecule has 0 saturated heterocycles. The number of amides is 1. The molecule has 1 aromatic heterocycles. The summed E-state index contributed by atoms with van der Waals surface area (Å²) < 4.78 is 0. The second-order valence-corrected chi connectivity index (χ2v) is 4.43. The number of aryl methyl sites for hydroxylation is 1. The van der Waals surface area contributed by atoms with Crippen LogP contribution in [-0.2, 0) is 4.79 Å². The third-order valence-electron chi connectivity index (χ3n) is 3.09.